The van der Waals surface area contributed by atoms with E-state index in [1.807, 2.05) is 0 Å². The van der Waals surface area contributed by atoms with Crippen molar-refractivity contribution in [3.05, 3.63) is 42.5 Å². The molecule has 5 nitrogen and oxygen atoms in total. The maximum Gasteiger partial charge on any atom is 0.416 e. The number of rotatable bonds is 4. The van der Waals surface area contributed by atoms with E-state index in [4.69, 9.17) is 5.11 Å². The van der Waals surface area contributed by atoms with Gasteiger partial charge in [-0.1, -0.05) is 18.7 Å². The number of carbonyl (C=O) groups is 1. The van der Waals surface area contributed by atoms with Gasteiger partial charge in [0.1, 0.15) is 0 Å². The summed E-state index contributed by atoms with van der Waals surface area (Å²) in [5.74, 6) is 0. The molecule has 0 saturated heterocycles. The monoisotopic (exact) mass is 309 g/mol. The van der Waals surface area contributed by atoms with E-state index in [2.05, 4.69) is 6.58 Å². The highest BCUT2D eigenvalue weighted by atomic mass is 32.2. The fourth-order valence-electron chi connectivity index (χ4n) is 1.38. The van der Waals surface area contributed by atoms with Gasteiger partial charge < -0.3 is 10.4 Å². The van der Waals surface area contributed by atoms with Crippen LogP contribution in [0.4, 0.5) is 18.0 Å². The summed E-state index contributed by atoms with van der Waals surface area (Å²) in [7, 11) is -4.34. The molecule has 1 unspecified atom stereocenters. The third-order valence-electron chi connectivity index (χ3n) is 2.30. The van der Waals surface area contributed by atoms with Crippen LogP contribution >= 0.6 is 0 Å². The first-order chi connectivity index (χ1) is 9.09. The Labute approximate surface area is 112 Å². The van der Waals surface area contributed by atoms with Crippen LogP contribution in [0.1, 0.15) is 5.56 Å². The smallest absolute Gasteiger partial charge is 0.416 e. The van der Waals surface area contributed by atoms with E-state index >= 15 is 0 Å². The van der Waals surface area contributed by atoms with Crippen molar-refractivity contribution in [3.63, 3.8) is 0 Å². The normalized spacial score (nSPS) is 13.6. The molecule has 110 valence electrons. The molecule has 0 heterocycles. The maximum atomic E-state index is 12.5. The van der Waals surface area contributed by atoms with Crippen LogP contribution in [0.2, 0.25) is 0 Å². The Morgan fingerprint density at radius 1 is 1.40 bits per heavy atom. The van der Waals surface area contributed by atoms with Crippen molar-refractivity contribution in [2.24, 2.45) is 0 Å². The lowest BCUT2D eigenvalue weighted by Gasteiger charge is -2.15. The van der Waals surface area contributed by atoms with Crippen molar-refractivity contribution in [1.29, 1.82) is 0 Å². The molecule has 0 spiro atoms. The molecule has 1 amide bonds. The fraction of sp³-hybridized carbons (Fsp3) is 0.182. The molecule has 1 aromatic rings. The lowest BCUT2D eigenvalue weighted by atomic mass is 10.2. The van der Waals surface area contributed by atoms with Crippen LogP contribution in [0.15, 0.2) is 41.8 Å². The third kappa shape index (κ3) is 3.50. The van der Waals surface area contributed by atoms with E-state index in [-0.39, 0.29) is 0 Å². The first kappa shape index (κ1) is 16.0. The topological polar surface area (TPSA) is 83.5 Å². The summed E-state index contributed by atoms with van der Waals surface area (Å²) in [5, 5.41) is 8.43. The van der Waals surface area contributed by atoms with Gasteiger partial charge in [0.25, 0.3) is 0 Å². The number of sulfone groups is 1. The number of benzene rings is 1. The zero-order valence-corrected chi connectivity index (χ0v) is 10.7. The van der Waals surface area contributed by atoms with Gasteiger partial charge in [-0.25, -0.2) is 13.2 Å². The number of alkyl halides is 3. The fourth-order valence-corrected chi connectivity index (χ4v) is 2.74. The minimum atomic E-state index is -4.70. The molecule has 0 radical (unpaired) electrons. The lowest BCUT2D eigenvalue weighted by molar-refractivity contribution is -0.137. The van der Waals surface area contributed by atoms with Gasteiger partial charge in [-0.05, 0) is 18.2 Å². The van der Waals surface area contributed by atoms with Crippen molar-refractivity contribution in [2.75, 3.05) is 0 Å². The van der Waals surface area contributed by atoms with Gasteiger partial charge in [0, 0.05) is 0 Å². The molecule has 0 aliphatic carbocycles. The molecular weight excluding hydrogens is 299 g/mol. The zero-order valence-electron chi connectivity index (χ0n) is 9.89. The molecular formula is C11H10F3NO4S. The number of carboxylic acid groups (broad SMARTS) is 1. The second kappa shape index (κ2) is 5.53. The standard InChI is InChI=1S/C11H10F3NO4S/c1-2-9(15-10(16)17)20(18,19)8-5-3-4-7(6-8)11(12,13)14/h2-6,9,15H,1H2,(H,16,17). The average molecular weight is 309 g/mol. The van der Waals surface area contributed by atoms with Crippen LogP contribution in [0, 0.1) is 0 Å². The summed E-state index contributed by atoms with van der Waals surface area (Å²) in [6.07, 6.45) is -5.55. The predicted octanol–water partition coefficient (Wildman–Crippen LogP) is 2.26. The summed E-state index contributed by atoms with van der Waals surface area (Å²) < 4.78 is 61.6. The largest absolute Gasteiger partial charge is 0.465 e. The summed E-state index contributed by atoms with van der Waals surface area (Å²) in [6.45, 7) is 3.15. The van der Waals surface area contributed by atoms with Crippen LogP contribution in [0.25, 0.3) is 0 Å². The Morgan fingerprint density at radius 3 is 2.45 bits per heavy atom. The average Bonchev–Trinajstić information content (AvgIpc) is 2.34. The Balaban J connectivity index is 3.28. The van der Waals surface area contributed by atoms with Gasteiger partial charge in [0.15, 0.2) is 5.37 Å². The minimum absolute atomic E-state index is 0.440. The van der Waals surface area contributed by atoms with Gasteiger partial charge in [0.2, 0.25) is 9.84 Å². The molecule has 0 bridgehead atoms. The van der Waals surface area contributed by atoms with Crippen molar-refractivity contribution in [1.82, 2.24) is 5.32 Å². The quantitative estimate of drug-likeness (QED) is 0.836. The van der Waals surface area contributed by atoms with E-state index in [1.54, 1.807) is 5.32 Å². The number of amides is 1. The number of hydrogen-bond donors (Lipinski definition) is 2. The summed E-state index contributed by atoms with van der Waals surface area (Å²) in [4.78, 5) is 9.82. The first-order valence-corrected chi connectivity index (χ1v) is 6.67. The predicted molar refractivity (Wildman–Crippen MR) is 63.8 cm³/mol. The molecule has 9 heteroatoms. The molecule has 1 aromatic carbocycles. The molecule has 1 atom stereocenters. The van der Waals surface area contributed by atoms with Crippen molar-refractivity contribution in [2.45, 2.75) is 16.4 Å². The molecule has 1 rings (SSSR count). The van der Waals surface area contributed by atoms with E-state index < -0.39 is 37.9 Å². The van der Waals surface area contributed by atoms with Gasteiger partial charge in [0.05, 0.1) is 10.5 Å². The molecule has 2 N–H and O–H groups in total. The summed E-state index contributed by atoms with van der Waals surface area (Å²) in [6, 6.07) is 3.03. The second-order valence-electron chi connectivity index (χ2n) is 3.68. The van der Waals surface area contributed by atoms with Crippen LogP contribution in [-0.2, 0) is 16.0 Å². The highest BCUT2D eigenvalue weighted by Crippen LogP contribution is 2.31. The number of halogens is 3. The first-order valence-electron chi connectivity index (χ1n) is 5.12. The maximum absolute atomic E-state index is 12.5. The molecule has 20 heavy (non-hydrogen) atoms. The second-order valence-corrected chi connectivity index (χ2v) is 5.75. The van der Waals surface area contributed by atoms with Gasteiger partial charge >= 0.3 is 12.3 Å². The zero-order chi connectivity index (χ0) is 15.6. The minimum Gasteiger partial charge on any atom is -0.465 e. The van der Waals surface area contributed by atoms with Crippen molar-refractivity contribution < 1.29 is 31.5 Å². The number of nitrogens with one attached hydrogen (secondary N) is 1. The molecule has 0 aliphatic rings. The Kier molecular flexibility index (Phi) is 4.43. The van der Waals surface area contributed by atoms with E-state index in [0.717, 1.165) is 18.2 Å². The molecule has 0 saturated carbocycles. The Hall–Kier alpha value is -2.03. The SMILES string of the molecule is C=CC(NC(=O)O)S(=O)(=O)c1cccc(C(F)(F)F)c1. The van der Waals surface area contributed by atoms with E-state index in [9.17, 15) is 26.4 Å². The highest BCUT2D eigenvalue weighted by molar-refractivity contribution is 7.92. The summed E-state index contributed by atoms with van der Waals surface area (Å²) >= 11 is 0. The van der Waals surface area contributed by atoms with E-state index in [0.29, 0.717) is 12.1 Å². The molecule has 0 aromatic heterocycles. The van der Waals surface area contributed by atoms with Crippen molar-refractivity contribution >= 4 is 15.9 Å². The third-order valence-corrected chi connectivity index (χ3v) is 4.19. The highest BCUT2D eigenvalue weighted by Gasteiger charge is 2.33. The molecule has 0 fully saturated rings. The van der Waals surface area contributed by atoms with Crippen LogP contribution in [0.3, 0.4) is 0 Å². The Bertz CT molecular complexity index is 625. The molecule has 0 aliphatic heterocycles. The summed E-state index contributed by atoms with van der Waals surface area (Å²) in [5.41, 5.74) is -1.14. The number of hydrogen-bond acceptors (Lipinski definition) is 3. The van der Waals surface area contributed by atoms with Gasteiger partial charge in [-0.15, -0.1) is 0 Å². The van der Waals surface area contributed by atoms with Crippen LogP contribution in [-0.4, -0.2) is 25.0 Å². The van der Waals surface area contributed by atoms with Crippen LogP contribution in [0.5, 0.6) is 0 Å². The van der Waals surface area contributed by atoms with Crippen LogP contribution < -0.4 is 5.32 Å². The Morgan fingerprint density at radius 2 is 2.00 bits per heavy atom. The van der Waals surface area contributed by atoms with Crippen molar-refractivity contribution in [3.8, 4) is 0 Å². The van der Waals surface area contributed by atoms with Gasteiger partial charge in [-0.3, -0.25) is 0 Å². The lowest BCUT2D eigenvalue weighted by Crippen LogP contribution is -2.38. The van der Waals surface area contributed by atoms with Gasteiger partial charge in [-0.2, -0.15) is 13.2 Å². The van der Waals surface area contributed by atoms with E-state index in [1.165, 1.54) is 0 Å².